The predicted molar refractivity (Wildman–Crippen MR) is 111 cm³/mol. The van der Waals surface area contributed by atoms with Gasteiger partial charge in [-0.1, -0.05) is 19.0 Å². The maximum atomic E-state index is 12.9. The van der Waals surface area contributed by atoms with E-state index in [-0.39, 0.29) is 11.2 Å². The van der Waals surface area contributed by atoms with Gasteiger partial charge in [0, 0.05) is 24.8 Å². The van der Waals surface area contributed by atoms with Gasteiger partial charge in [0.25, 0.3) is 5.56 Å². The Hall–Kier alpha value is -3.43. The molecule has 10 heteroatoms. The van der Waals surface area contributed by atoms with Gasteiger partial charge >= 0.3 is 5.69 Å². The van der Waals surface area contributed by atoms with Crippen LogP contribution in [0.25, 0.3) is 22.6 Å². The summed E-state index contributed by atoms with van der Waals surface area (Å²) in [6.07, 6.45) is 4.98. The molecule has 0 aliphatic carbocycles. The number of nitrogens with zero attached hydrogens (tertiary/aromatic N) is 6. The van der Waals surface area contributed by atoms with Crippen LogP contribution in [0.2, 0.25) is 0 Å². The summed E-state index contributed by atoms with van der Waals surface area (Å²) in [7, 11) is 0. The third-order valence-electron chi connectivity index (χ3n) is 5.16. The van der Waals surface area contributed by atoms with Crippen LogP contribution in [-0.2, 0) is 19.6 Å². The number of rotatable bonds is 7. The zero-order chi connectivity index (χ0) is 21.4. The molecule has 4 aromatic rings. The van der Waals surface area contributed by atoms with Crippen molar-refractivity contribution in [1.82, 2.24) is 34.0 Å². The molecule has 0 saturated heterocycles. The number of aromatic amines is 1. The monoisotopic (exact) mass is 411 g/mol. The van der Waals surface area contributed by atoms with Crippen molar-refractivity contribution in [1.29, 1.82) is 0 Å². The minimum atomic E-state index is -0.342. The lowest BCUT2D eigenvalue weighted by atomic mass is 10.2. The molecule has 0 bridgehead atoms. The van der Waals surface area contributed by atoms with Crippen LogP contribution >= 0.6 is 0 Å². The molecule has 4 aromatic heterocycles. The average Bonchev–Trinajstić information content (AvgIpc) is 3.44. The van der Waals surface area contributed by atoms with Crippen LogP contribution in [-0.4, -0.2) is 34.0 Å². The molecular weight excluding hydrogens is 386 g/mol. The number of fused-ring (bicyclic) bond motifs is 1. The molecule has 30 heavy (non-hydrogen) atoms. The summed E-state index contributed by atoms with van der Waals surface area (Å²) in [6, 6.07) is 0. The molecule has 4 heterocycles. The van der Waals surface area contributed by atoms with E-state index in [0.29, 0.717) is 43.0 Å². The van der Waals surface area contributed by atoms with E-state index in [4.69, 9.17) is 4.52 Å². The highest BCUT2D eigenvalue weighted by Gasteiger charge is 2.18. The second-order valence-electron chi connectivity index (χ2n) is 7.40. The van der Waals surface area contributed by atoms with E-state index in [1.165, 1.54) is 4.57 Å². The van der Waals surface area contributed by atoms with Crippen molar-refractivity contribution < 1.29 is 4.52 Å². The molecular formula is C20H25N7O3. The highest BCUT2D eigenvalue weighted by Crippen LogP contribution is 2.20. The SMILES string of the molecule is CCCn1c(=O)c2[nH]c(-c3cnn(Cc4c(C)noc4C)c3)nc2n(CCC)c1=O. The second-order valence-corrected chi connectivity index (χ2v) is 7.40. The number of hydrogen-bond acceptors (Lipinski definition) is 6. The molecule has 0 aliphatic heterocycles. The Balaban J connectivity index is 1.78. The first-order valence-corrected chi connectivity index (χ1v) is 10.1. The normalized spacial score (nSPS) is 11.6. The van der Waals surface area contributed by atoms with Crippen molar-refractivity contribution in [2.24, 2.45) is 0 Å². The fourth-order valence-corrected chi connectivity index (χ4v) is 3.61. The summed E-state index contributed by atoms with van der Waals surface area (Å²) in [6.45, 7) is 9.07. The number of hydrogen-bond donors (Lipinski definition) is 1. The maximum absolute atomic E-state index is 12.9. The summed E-state index contributed by atoms with van der Waals surface area (Å²) >= 11 is 0. The van der Waals surface area contributed by atoms with E-state index in [1.807, 2.05) is 33.9 Å². The minimum Gasteiger partial charge on any atom is -0.361 e. The van der Waals surface area contributed by atoms with Gasteiger partial charge in [-0.25, -0.2) is 9.78 Å². The molecule has 0 atom stereocenters. The van der Waals surface area contributed by atoms with Crippen molar-refractivity contribution in [3.63, 3.8) is 0 Å². The molecule has 0 fully saturated rings. The fraction of sp³-hybridized carbons (Fsp3) is 0.450. The zero-order valence-corrected chi connectivity index (χ0v) is 17.6. The Labute approximate surface area is 172 Å². The number of nitrogens with one attached hydrogen (secondary N) is 1. The van der Waals surface area contributed by atoms with Gasteiger partial charge in [0.2, 0.25) is 0 Å². The van der Waals surface area contributed by atoms with Crippen LogP contribution in [0, 0.1) is 13.8 Å². The van der Waals surface area contributed by atoms with Crippen LogP contribution in [0.3, 0.4) is 0 Å². The van der Waals surface area contributed by atoms with Gasteiger partial charge in [-0.2, -0.15) is 5.10 Å². The largest absolute Gasteiger partial charge is 0.361 e. The van der Waals surface area contributed by atoms with E-state index < -0.39 is 0 Å². The minimum absolute atomic E-state index is 0.316. The number of aromatic nitrogens is 7. The summed E-state index contributed by atoms with van der Waals surface area (Å²) in [4.78, 5) is 33.4. The van der Waals surface area contributed by atoms with E-state index in [2.05, 4.69) is 20.2 Å². The molecule has 0 saturated carbocycles. The average molecular weight is 411 g/mol. The van der Waals surface area contributed by atoms with Crippen molar-refractivity contribution >= 4 is 11.2 Å². The lowest BCUT2D eigenvalue weighted by Crippen LogP contribution is -2.40. The number of H-pyrrole nitrogens is 1. The van der Waals surface area contributed by atoms with Crippen LogP contribution in [0.5, 0.6) is 0 Å². The third kappa shape index (κ3) is 3.27. The first-order valence-electron chi connectivity index (χ1n) is 10.1. The molecule has 0 unspecified atom stereocenters. The highest BCUT2D eigenvalue weighted by molar-refractivity contribution is 5.75. The van der Waals surface area contributed by atoms with Crippen LogP contribution in [0.1, 0.15) is 43.7 Å². The van der Waals surface area contributed by atoms with E-state index in [9.17, 15) is 9.59 Å². The van der Waals surface area contributed by atoms with E-state index >= 15 is 0 Å². The van der Waals surface area contributed by atoms with Gasteiger partial charge in [-0.05, 0) is 26.7 Å². The molecule has 4 rings (SSSR count). The Kier molecular flexibility index (Phi) is 5.15. The lowest BCUT2D eigenvalue weighted by Gasteiger charge is -2.09. The summed E-state index contributed by atoms with van der Waals surface area (Å²) in [5.74, 6) is 1.26. The summed E-state index contributed by atoms with van der Waals surface area (Å²) < 4.78 is 9.83. The standard InChI is InChI=1S/C20H25N7O3/c1-5-7-26-18-16(19(28)27(8-6-2)20(26)29)22-17(23-18)14-9-21-25(10-14)11-15-12(3)24-30-13(15)4/h9-10H,5-8,11H2,1-4H3,(H,22,23). The van der Waals surface area contributed by atoms with Crippen LogP contribution in [0.4, 0.5) is 0 Å². The fourth-order valence-electron chi connectivity index (χ4n) is 3.61. The van der Waals surface area contributed by atoms with Gasteiger partial charge in [0.05, 0.1) is 24.0 Å². The number of aryl methyl sites for hydroxylation is 3. The predicted octanol–water partition coefficient (Wildman–Crippen LogP) is 2.22. The van der Waals surface area contributed by atoms with Gasteiger partial charge in [-0.3, -0.25) is 18.6 Å². The summed E-state index contributed by atoms with van der Waals surface area (Å²) in [5.41, 5.74) is 2.60. The molecule has 0 aromatic carbocycles. The quantitative estimate of drug-likeness (QED) is 0.498. The molecule has 0 spiro atoms. The van der Waals surface area contributed by atoms with Gasteiger partial charge in [-0.15, -0.1) is 0 Å². The Morgan fingerprint density at radius 3 is 2.50 bits per heavy atom. The van der Waals surface area contributed by atoms with Crippen molar-refractivity contribution in [2.45, 2.75) is 60.2 Å². The van der Waals surface area contributed by atoms with Crippen molar-refractivity contribution in [3.8, 4) is 11.4 Å². The third-order valence-corrected chi connectivity index (χ3v) is 5.16. The Morgan fingerprint density at radius 1 is 1.10 bits per heavy atom. The van der Waals surface area contributed by atoms with Crippen LogP contribution < -0.4 is 11.2 Å². The maximum Gasteiger partial charge on any atom is 0.332 e. The molecule has 0 radical (unpaired) electrons. The molecule has 0 aliphatic rings. The first kappa shape index (κ1) is 19.9. The van der Waals surface area contributed by atoms with Crippen molar-refractivity contribution in [2.75, 3.05) is 0 Å². The topological polar surface area (TPSA) is 117 Å². The zero-order valence-electron chi connectivity index (χ0n) is 17.6. The Morgan fingerprint density at radius 2 is 1.83 bits per heavy atom. The Bertz CT molecular complexity index is 1300. The van der Waals surface area contributed by atoms with Gasteiger partial charge < -0.3 is 9.51 Å². The molecule has 0 amide bonds. The number of imidazole rings is 1. The smallest absolute Gasteiger partial charge is 0.332 e. The van der Waals surface area contributed by atoms with Gasteiger partial charge in [0.1, 0.15) is 17.1 Å². The van der Waals surface area contributed by atoms with Crippen LogP contribution in [0.15, 0.2) is 26.5 Å². The highest BCUT2D eigenvalue weighted by atomic mass is 16.5. The molecule has 10 nitrogen and oxygen atoms in total. The first-order chi connectivity index (χ1) is 14.4. The second kappa shape index (κ2) is 7.77. The van der Waals surface area contributed by atoms with Gasteiger partial charge in [0.15, 0.2) is 5.65 Å². The summed E-state index contributed by atoms with van der Waals surface area (Å²) in [5, 5.41) is 8.37. The molecule has 158 valence electrons. The van der Waals surface area contributed by atoms with E-state index in [1.54, 1.807) is 15.4 Å². The lowest BCUT2D eigenvalue weighted by molar-refractivity contribution is 0.391. The van der Waals surface area contributed by atoms with E-state index in [0.717, 1.165) is 29.0 Å². The van der Waals surface area contributed by atoms with Crippen molar-refractivity contribution in [3.05, 3.63) is 50.2 Å². The molecule has 1 N–H and O–H groups in total.